The summed E-state index contributed by atoms with van der Waals surface area (Å²) in [6.07, 6.45) is 2.06. The van der Waals surface area contributed by atoms with Crippen molar-refractivity contribution in [3.63, 3.8) is 0 Å². The summed E-state index contributed by atoms with van der Waals surface area (Å²) in [5.74, 6) is 0.0753. The van der Waals surface area contributed by atoms with Crippen molar-refractivity contribution in [2.24, 2.45) is 0 Å². The van der Waals surface area contributed by atoms with Gasteiger partial charge in [0.25, 0.3) is 0 Å². The van der Waals surface area contributed by atoms with E-state index in [1.807, 2.05) is 29.2 Å². The zero-order valence-electron chi connectivity index (χ0n) is 14.0. The van der Waals surface area contributed by atoms with Gasteiger partial charge in [0.15, 0.2) is 9.84 Å². The van der Waals surface area contributed by atoms with E-state index in [2.05, 4.69) is 6.07 Å². The fourth-order valence-electron chi connectivity index (χ4n) is 3.74. The highest BCUT2D eigenvalue weighted by Crippen LogP contribution is 2.32. The molecule has 0 N–H and O–H groups in total. The Hall–Kier alpha value is -1.92. The first-order valence-electron chi connectivity index (χ1n) is 8.67. The molecule has 1 heterocycles. The van der Waals surface area contributed by atoms with Crippen molar-refractivity contribution >= 4 is 26.6 Å². The maximum atomic E-state index is 12.5. The summed E-state index contributed by atoms with van der Waals surface area (Å²) in [5, 5.41) is 2.18. The molecule has 25 heavy (non-hydrogen) atoms. The second-order valence-corrected chi connectivity index (χ2v) is 9.04. The first-order valence-corrected chi connectivity index (χ1v) is 10.5. The Morgan fingerprint density at radius 2 is 1.76 bits per heavy atom. The van der Waals surface area contributed by atoms with E-state index in [1.165, 1.54) is 16.5 Å². The summed E-state index contributed by atoms with van der Waals surface area (Å²) in [4.78, 5) is 14.5. The topological polar surface area (TPSA) is 63.7 Å². The highest BCUT2D eigenvalue weighted by molar-refractivity contribution is 7.91. The van der Waals surface area contributed by atoms with E-state index in [0.717, 1.165) is 18.2 Å². The lowest BCUT2D eigenvalue weighted by Gasteiger charge is -2.26. The molecule has 0 amide bonds. The Morgan fingerprint density at radius 3 is 2.52 bits per heavy atom. The van der Waals surface area contributed by atoms with Crippen LogP contribution < -0.4 is 0 Å². The van der Waals surface area contributed by atoms with Gasteiger partial charge in [-0.2, -0.15) is 0 Å². The molecule has 0 aromatic heterocycles. The third kappa shape index (κ3) is 3.28. The van der Waals surface area contributed by atoms with Crippen LogP contribution in [0.15, 0.2) is 30.3 Å². The van der Waals surface area contributed by atoms with Gasteiger partial charge in [0.2, 0.25) is 0 Å². The Kier molecular flexibility index (Phi) is 4.25. The van der Waals surface area contributed by atoms with Crippen LogP contribution in [-0.4, -0.2) is 57.0 Å². The van der Waals surface area contributed by atoms with Gasteiger partial charge in [-0.1, -0.05) is 24.3 Å². The minimum atomic E-state index is -2.88. The quantitative estimate of drug-likeness (QED) is 0.780. The standard InChI is InChI=1S/C19H21NO4S/c21-19(24-11-8-20-9-12-25(22,23)13-10-20)17-7-6-15-5-4-14-2-1-3-16(17)18(14)15/h1-3,6-7H,4-5,8-13H2. The first kappa shape index (κ1) is 16.5. The van der Waals surface area contributed by atoms with Crippen molar-refractivity contribution in [3.05, 3.63) is 47.0 Å². The minimum Gasteiger partial charge on any atom is -0.461 e. The SMILES string of the molecule is O=C(OCCN1CCS(=O)(=O)CC1)c1ccc2c3c(cccc13)CC2. The van der Waals surface area contributed by atoms with Crippen LogP contribution in [0.1, 0.15) is 21.5 Å². The van der Waals surface area contributed by atoms with Crippen LogP contribution in [0, 0.1) is 0 Å². The molecule has 1 aliphatic heterocycles. The summed E-state index contributed by atoms with van der Waals surface area (Å²) in [6, 6.07) is 10.0. The van der Waals surface area contributed by atoms with Crippen molar-refractivity contribution in [2.75, 3.05) is 37.7 Å². The molecule has 0 spiro atoms. The zero-order valence-corrected chi connectivity index (χ0v) is 14.8. The van der Waals surface area contributed by atoms with Gasteiger partial charge in [0.05, 0.1) is 17.1 Å². The average molecular weight is 359 g/mol. The molecule has 0 bridgehead atoms. The van der Waals surface area contributed by atoms with E-state index in [0.29, 0.717) is 25.2 Å². The lowest BCUT2D eigenvalue weighted by Crippen LogP contribution is -2.41. The van der Waals surface area contributed by atoms with E-state index in [4.69, 9.17) is 4.74 Å². The maximum absolute atomic E-state index is 12.5. The fraction of sp³-hybridized carbons (Fsp3) is 0.421. The van der Waals surface area contributed by atoms with Gasteiger partial charge in [-0.15, -0.1) is 0 Å². The number of nitrogens with zero attached hydrogens (tertiary/aromatic N) is 1. The summed E-state index contributed by atoms with van der Waals surface area (Å²) < 4.78 is 28.3. The van der Waals surface area contributed by atoms with Gasteiger partial charge in [-0.25, -0.2) is 13.2 Å². The van der Waals surface area contributed by atoms with Crippen LogP contribution in [0.25, 0.3) is 10.8 Å². The third-order valence-electron chi connectivity index (χ3n) is 5.17. The summed E-state index contributed by atoms with van der Waals surface area (Å²) >= 11 is 0. The number of hydrogen-bond acceptors (Lipinski definition) is 5. The molecule has 0 unspecified atom stereocenters. The van der Waals surface area contributed by atoms with Gasteiger partial charge in [-0.05, 0) is 40.8 Å². The maximum Gasteiger partial charge on any atom is 0.338 e. The van der Waals surface area contributed by atoms with Crippen LogP contribution in [0.5, 0.6) is 0 Å². The van der Waals surface area contributed by atoms with Crippen LogP contribution in [0.4, 0.5) is 0 Å². The molecule has 0 saturated carbocycles. The highest BCUT2D eigenvalue weighted by Gasteiger charge is 2.22. The van der Waals surface area contributed by atoms with Crippen LogP contribution in [0.3, 0.4) is 0 Å². The lowest BCUT2D eigenvalue weighted by atomic mass is 10.00. The van der Waals surface area contributed by atoms with Crippen molar-refractivity contribution in [1.29, 1.82) is 0 Å². The Balaban J connectivity index is 1.42. The number of rotatable bonds is 4. The van der Waals surface area contributed by atoms with E-state index in [-0.39, 0.29) is 24.1 Å². The Morgan fingerprint density at radius 1 is 1.04 bits per heavy atom. The summed E-state index contributed by atoms with van der Waals surface area (Å²) in [7, 11) is -2.88. The normalized spacial score (nSPS) is 19.2. The van der Waals surface area contributed by atoms with Gasteiger partial charge in [-0.3, -0.25) is 4.90 Å². The van der Waals surface area contributed by atoms with Gasteiger partial charge >= 0.3 is 5.97 Å². The summed E-state index contributed by atoms with van der Waals surface area (Å²) in [6.45, 7) is 1.88. The molecule has 1 saturated heterocycles. The van der Waals surface area contributed by atoms with Crippen molar-refractivity contribution < 1.29 is 17.9 Å². The molecule has 2 aromatic carbocycles. The second kappa shape index (κ2) is 6.42. The third-order valence-corrected chi connectivity index (χ3v) is 6.78. The number of hydrogen-bond donors (Lipinski definition) is 0. The van der Waals surface area contributed by atoms with Gasteiger partial charge in [0, 0.05) is 19.6 Å². The number of ether oxygens (including phenoxy) is 1. The number of esters is 1. The van der Waals surface area contributed by atoms with E-state index >= 15 is 0 Å². The van der Waals surface area contributed by atoms with Crippen molar-refractivity contribution in [2.45, 2.75) is 12.8 Å². The van der Waals surface area contributed by atoms with E-state index in [9.17, 15) is 13.2 Å². The lowest BCUT2D eigenvalue weighted by molar-refractivity contribution is 0.0468. The van der Waals surface area contributed by atoms with Crippen LogP contribution in [-0.2, 0) is 27.4 Å². The van der Waals surface area contributed by atoms with Gasteiger partial charge < -0.3 is 4.74 Å². The van der Waals surface area contributed by atoms with Crippen LogP contribution >= 0.6 is 0 Å². The molecule has 6 heteroatoms. The molecule has 0 radical (unpaired) electrons. The molecule has 2 aromatic rings. The largest absolute Gasteiger partial charge is 0.461 e. The first-order chi connectivity index (χ1) is 12.0. The summed E-state index contributed by atoms with van der Waals surface area (Å²) in [5.41, 5.74) is 3.22. The molecule has 1 fully saturated rings. The Bertz CT molecular complexity index is 912. The predicted molar refractivity (Wildman–Crippen MR) is 96.7 cm³/mol. The zero-order chi connectivity index (χ0) is 17.4. The molecule has 2 aliphatic rings. The molecule has 5 nitrogen and oxygen atoms in total. The molecule has 0 atom stereocenters. The number of carbonyl (C=O) groups is 1. The molecule has 132 valence electrons. The average Bonchev–Trinajstić information content (AvgIpc) is 3.02. The molecular formula is C19H21NO4S. The molecular weight excluding hydrogens is 338 g/mol. The smallest absolute Gasteiger partial charge is 0.338 e. The van der Waals surface area contributed by atoms with E-state index in [1.54, 1.807) is 0 Å². The monoisotopic (exact) mass is 359 g/mol. The Labute approximate surface area is 147 Å². The minimum absolute atomic E-state index is 0.190. The fourth-order valence-corrected chi connectivity index (χ4v) is 5.02. The van der Waals surface area contributed by atoms with E-state index < -0.39 is 9.84 Å². The number of sulfone groups is 1. The van der Waals surface area contributed by atoms with Gasteiger partial charge in [0.1, 0.15) is 6.61 Å². The number of carbonyl (C=O) groups excluding carboxylic acids is 1. The number of benzene rings is 2. The second-order valence-electron chi connectivity index (χ2n) is 6.74. The predicted octanol–water partition coefficient (Wildman–Crippen LogP) is 1.83. The van der Waals surface area contributed by atoms with Crippen molar-refractivity contribution in [1.82, 2.24) is 4.90 Å². The highest BCUT2D eigenvalue weighted by atomic mass is 32.2. The van der Waals surface area contributed by atoms with Crippen LogP contribution in [0.2, 0.25) is 0 Å². The molecule has 1 aliphatic carbocycles. The molecule has 4 rings (SSSR count). The number of aryl methyl sites for hydroxylation is 2. The van der Waals surface area contributed by atoms with Crippen molar-refractivity contribution in [3.8, 4) is 0 Å².